The minimum absolute atomic E-state index is 0.0754. The van der Waals surface area contributed by atoms with Gasteiger partial charge >= 0.3 is 5.97 Å². The lowest BCUT2D eigenvalue weighted by molar-refractivity contribution is -0.137. The van der Waals surface area contributed by atoms with Gasteiger partial charge in [0.15, 0.2) is 0 Å². The third-order valence-corrected chi connectivity index (χ3v) is 8.45. The van der Waals surface area contributed by atoms with Gasteiger partial charge in [0.25, 0.3) is 10.0 Å². The number of hydrogen-bond donors (Lipinski definition) is 0. The summed E-state index contributed by atoms with van der Waals surface area (Å²) < 4.78 is 61.7. The zero-order valence-electron chi connectivity index (χ0n) is 17.5. The highest BCUT2D eigenvalue weighted by Gasteiger charge is 2.36. The monoisotopic (exact) mass is 477 g/mol. The third kappa shape index (κ3) is 5.27. The van der Waals surface area contributed by atoms with E-state index in [1.807, 2.05) is 0 Å². The highest BCUT2D eigenvalue weighted by molar-refractivity contribution is 7.89. The van der Waals surface area contributed by atoms with Gasteiger partial charge in [-0.1, -0.05) is 0 Å². The van der Waals surface area contributed by atoms with Crippen LogP contribution in [0.15, 0.2) is 21.6 Å². The zero-order chi connectivity index (χ0) is 22.8. The van der Waals surface area contributed by atoms with Crippen molar-refractivity contribution in [2.45, 2.75) is 24.9 Å². The lowest BCUT2D eigenvalue weighted by Gasteiger charge is -2.37. The van der Waals surface area contributed by atoms with Crippen molar-refractivity contribution in [2.75, 3.05) is 52.1 Å². The number of furan rings is 1. The van der Waals surface area contributed by atoms with Gasteiger partial charge in [0.05, 0.1) is 18.8 Å². The first-order chi connectivity index (χ1) is 14.5. The van der Waals surface area contributed by atoms with Gasteiger partial charge in [-0.15, -0.1) is 0 Å². The molecule has 3 rings (SSSR count). The summed E-state index contributed by atoms with van der Waals surface area (Å²) in [5.41, 5.74) is 0. The molecule has 2 aliphatic rings. The number of amides is 1. The fraction of sp³-hybridized carbons (Fsp3) is 0.667. The maximum absolute atomic E-state index is 12.9. The molecule has 1 unspecified atom stereocenters. The van der Waals surface area contributed by atoms with E-state index < -0.39 is 31.9 Å². The predicted molar refractivity (Wildman–Crippen MR) is 109 cm³/mol. The van der Waals surface area contributed by atoms with Gasteiger partial charge in [0.2, 0.25) is 26.8 Å². The van der Waals surface area contributed by atoms with Crippen molar-refractivity contribution in [3.8, 4) is 0 Å². The van der Waals surface area contributed by atoms with E-state index >= 15 is 0 Å². The minimum Gasteiger partial charge on any atom is -0.460 e. The first-order valence-electron chi connectivity index (χ1n) is 10.0. The van der Waals surface area contributed by atoms with Crippen LogP contribution in [0.2, 0.25) is 0 Å². The number of esters is 1. The Balaban J connectivity index is 1.61. The van der Waals surface area contributed by atoms with Crippen LogP contribution in [0.3, 0.4) is 0 Å². The van der Waals surface area contributed by atoms with Crippen molar-refractivity contribution in [1.29, 1.82) is 0 Å². The number of nitrogens with zero attached hydrogens (tertiary/aromatic N) is 3. The number of carbonyl (C=O) groups is 2. The summed E-state index contributed by atoms with van der Waals surface area (Å²) in [4.78, 5) is 26.1. The molecule has 1 atom stereocenters. The molecule has 174 valence electrons. The molecule has 13 heteroatoms. The SMILES string of the molecule is CCOC(=O)c1ccc(S(=O)(=O)N2CCN(C(=O)C3CCCN(S(C)(=O)=O)C3)CC2)o1. The maximum Gasteiger partial charge on any atom is 0.374 e. The number of piperidine rings is 1. The molecule has 0 spiro atoms. The number of piperazine rings is 1. The maximum atomic E-state index is 12.9. The van der Waals surface area contributed by atoms with Crippen molar-refractivity contribution in [3.05, 3.63) is 17.9 Å². The van der Waals surface area contributed by atoms with Gasteiger partial charge in [0.1, 0.15) is 0 Å². The number of rotatable bonds is 6. The lowest BCUT2D eigenvalue weighted by atomic mass is 9.98. The fourth-order valence-corrected chi connectivity index (χ4v) is 6.00. The summed E-state index contributed by atoms with van der Waals surface area (Å²) in [6.07, 6.45) is 2.34. The molecule has 3 heterocycles. The van der Waals surface area contributed by atoms with Crippen LogP contribution in [0.4, 0.5) is 0 Å². The van der Waals surface area contributed by atoms with Crippen LogP contribution >= 0.6 is 0 Å². The van der Waals surface area contributed by atoms with Crippen molar-refractivity contribution in [2.24, 2.45) is 5.92 Å². The summed E-state index contributed by atoms with van der Waals surface area (Å²) in [6.45, 7) is 2.87. The summed E-state index contributed by atoms with van der Waals surface area (Å²) >= 11 is 0. The van der Waals surface area contributed by atoms with E-state index in [2.05, 4.69) is 0 Å². The van der Waals surface area contributed by atoms with E-state index in [-0.39, 0.29) is 56.1 Å². The Labute approximate surface area is 182 Å². The Hall–Kier alpha value is -1.96. The average Bonchev–Trinajstić information content (AvgIpc) is 3.24. The molecule has 0 aromatic carbocycles. The molecule has 1 aromatic rings. The van der Waals surface area contributed by atoms with Crippen LogP contribution in [0, 0.1) is 5.92 Å². The lowest BCUT2D eigenvalue weighted by Crippen LogP contribution is -2.53. The van der Waals surface area contributed by atoms with Crippen LogP contribution < -0.4 is 0 Å². The van der Waals surface area contributed by atoms with E-state index in [0.29, 0.717) is 19.4 Å². The molecule has 11 nitrogen and oxygen atoms in total. The molecule has 1 aromatic heterocycles. The molecular weight excluding hydrogens is 450 g/mol. The first kappa shape index (κ1) is 23.7. The van der Waals surface area contributed by atoms with E-state index in [1.54, 1.807) is 11.8 Å². The summed E-state index contributed by atoms with van der Waals surface area (Å²) in [5.74, 6) is -1.52. The van der Waals surface area contributed by atoms with Crippen molar-refractivity contribution in [3.63, 3.8) is 0 Å². The van der Waals surface area contributed by atoms with Crippen molar-refractivity contribution >= 4 is 31.9 Å². The van der Waals surface area contributed by atoms with Crippen LogP contribution in [0.1, 0.15) is 30.3 Å². The van der Waals surface area contributed by atoms with Gasteiger partial charge in [-0.05, 0) is 31.9 Å². The summed E-state index contributed by atoms with van der Waals surface area (Å²) in [6, 6.07) is 2.46. The highest BCUT2D eigenvalue weighted by Crippen LogP contribution is 2.24. The van der Waals surface area contributed by atoms with Crippen LogP contribution in [-0.4, -0.2) is 94.4 Å². The van der Waals surface area contributed by atoms with Gasteiger partial charge in [0, 0.05) is 39.3 Å². The van der Waals surface area contributed by atoms with Crippen LogP contribution in [0.5, 0.6) is 0 Å². The molecule has 2 fully saturated rings. The fourth-order valence-electron chi connectivity index (χ4n) is 3.75. The van der Waals surface area contributed by atoms with Gasteiger partial charge < -0.3 is 14.1 Å². The Morgan fingerprint density at radius 1 is 1.06 bits per heavy atom. The quantitative estimate of drug-likeness (QED) is 0.521. The molecule has 31 heavy (non-hydrogen) atoms. The first-order valence-corrected chi connectivity index (χ1v) is 13.3. The van der Waals surface area contributed by atoms with Gasteiger partial charge in [-0.2, -0.15) is 4.31 Å². The standard InChI is InChI=1S/C18H27N3O8S2/c1-3-28-18(23)15-6-7-16(29-15)31(26,27)20-11-9-19(10-12-20)17(22)14-5-4-8-21(13-14)30(2,24)25/h6-7,14H,3-5,8-13H2,1-2H3. The Morgan fingerprint density at radius 3 is 2.35 bits per heavy atom. The second kappa shape index (κ2) is 9.27. The molecule has 0 aliphatic carbocycles. The third-order valence-electron chi connectivity index (χ3n) is 5.40. The number of carbonyl (C=O) groups excluding carboxylic acids is 2. The largest absolute Gasteiger partial charge is 0.460 e. The highest BCUT2D eigenvalue weighted by atomic mass is 32.2. The molecule has 0 N–H and O–H groups in total. The molecule has 2 saturated heterocycles. The minimum atomic E-state index is -3.96. The van der Waals surface area contributed by atoms with E-state index in [4.69, 9.17) is 9.15 Å². The molecule has 0 saturated carbocycles. The summed E-state index contributed by atoms with van der Waals surface area (Å²) in [5, 5.41) is -0.355. The Kier molecular flexibility index (Phi) is 7.08. The Morgan fingerprint density at radius 2 is 1.74 bits per heavy atom. The summed E-state index contributed by atoms with van der Waals surface area (Å²) in [7, 11) is -7.32. The number of ether oxygens (including phenoxy) is 1. The molecular formula is C18H27N3O8S2. The van der Waals surface area contributed by atoms with Crippen molar-refractivity contribution in [1.82, 2.24) is 13.5 Å². The average molecular weight is 478 g/mol. The van der Waals surface area contributed by atoms with E-state index in [0.717, 1.165) is 6.26 Å². The molecule has 0 bridgehead atoms. The topological polar surface area (TPSA) is 135 Å². The molecule has 1 amide bonds. The molecule has 0 radical (unpaired) electrons. The second-order valence-electron chi connectivity index (χ2n) is 7.53. The second-order valence-corrected chi connectivity index (χ2v) is 11.4. The number of sulfonamides is 2. The van der Waals surface area contributed by atoms with Crippen LogP contribution in [0.25, 0.3) is 0 Å². The normalized spacial score (nSPS) is 21.7. The zero-order valence-corrected chi connectivity index (χ0v) is 19.2. The molecule has 2 aliphatic heterocycles. The Bertz CT molecular complexity index is 1030. The van der Waals surface area contributed by atoms with Gasteiger partial charge in [-0.3, -0.25) is 4.79 Å². The predicted octanol–water partition coefficient (Wildman–Crippen LogP) is -0.0392. The van der Waals surface area contributed by atoms with E-state index in [1.165, 1.54) is 20.7 Å². The van der Waals surface area contributed by atoms with E-state index in [9.17, 15) is 26.4 Å². The number of hydrogen-bond acceptors (Lipinski definition) is 8. The smallest absolute Gasteiger partial charge is 0.374 e. The van der Waals surface area contributed by atoms with Gasteiger partial charge in [-0.25, -0.2) is 25.9 Å². The van der Waals surface area contributed by atoms with Crippen LogP contribution in [-0.2, 0) is 29.6 Å². The van der Waals surface area contributed by atoms with Crippen molar-refractivity contribution < 1.29 is 35.6 Å².